The van der Waals surface area contributed by atoms with Crippen LogP contribution in [0.25, 0.3) is 0 Å². The van der Waals surface area contributed by atoms with E-state index in [0.29, 0.717) is 24.9 Å². The molecule has 180 valence electrons. The number of carbonyl (C=O) groups excluding carboxylic acids is 3. The summed E-state index contributed by atoms with van der Waals surface area (Å²) in [7, 11) is 0. The normalized spacial score (nSPS) is 19.7. The smallest absolute Gasteiger partial charge is 0.317 e. The van der Waals surface area contributed by atoms with Gasteiger partial charge in [-0.25, -0.2) is 0 Å². The van der Waals surface area contributed by atoms with Gasteiger partial charge in [0.15, 0.2) is 6.61 Å². The number of nitrogens with two attached hydrogens (primary N) is 2. The van der Waals surface area contributed by atoms with Gasteiger partial charge in [0.2, 0.25) is 0 Å². The van der Waals surface area contributed by atoms with Crippen LogP contribution >= 0.6 is 0 Å². The number of nitrogens with zero attached hydrogens (tertiary/aromatic N) is 4. The van der Waals surface area contributed by atoms with Crippen molar-refractivity contribution in [2.45, 2.75) is 19.8 Å². The molecule has 2 aliphatic heterocycles. The fourth-order valence-corrected chi connectivity index (χ4v) is 4.93. The van der Waals surface area contributed by atoms with Crippen molar-refractivity contribution < 1.29 is 19.1 Å². The molecule has 0 aliphatic carbocycles. The molecule has 0 spiro atoms. The molecule has 10 heteroatoms. The molecule has 4 N–H and O–H groups in total. The van der Waals surface area contributed by atoms with Crippen LogP contribution in [0.4, 0.5) is 0 Å². The average Bonchev–Trinajstić information content (AvgIpc) is 3.36. The van der Waals surface area contributed by atoms with Gasteiger partial charge >= 0.3 is 6.01 Å². The van der Waals surface area contributed by atoms with E-state index in [2.05, 4.69) is 39.1 Å². The molecule has 2 aliphatic rings. The van der Waals surface area contributed by atoms with E-state index in [-0.39, 0.29) is 28.9 Å². The van der Waals surface area contributed by atoms with Gasteiger partial charge in [0.1, 0.15) is 5.69 Å². The van der Waals surface area contributed by atoms with Gasteiger partial charge in [-0.2, -0.15) is 9.97 Å². The highest BCUT2D eigenvalue weighted by atomic mass is 16.5. The maximum absolute atomic E-state index is 13.3. The number of amides is 3. The van der Waals surface area contributed by atoms with Gasteiger partial charge in [-0.3, -0.25) is 14.4 Å². The number of likely N-dealkylation sites (tertiary alicyclic amines) is 2. The van der Waals surface area contributed by atoms with E-state index >= 15 is 0 Å². The van der Waals surface area contributed by atoms with Crippen LogP contribution in [0.3, 0.4) is 0 Å². The number of hydrogen-bond acceptors (Lipinski definition) is 7. The van der Waals surface area contributed by atoms with Crippen molar-refractivity contribution in [2.75, 3.05) is 39.3 Å². The van der Waals surface area contributed by atoms with Crippen molar-refractivity contribution in [1.29, 1.82) is 0 Å². The summed E-state index contributed by atoms with van der Waals surface area (Å²) in [5.41, 5.74) is 12.1. The Bertz CT molecular complexity index is 1060. The largest absolute Gasteiger partial charge is 0.453 e. The summed E-state index contributed by atoms with van der Waals surface area (Å²) >= 11 is 0. The monoisotopic (exact) mass is 466 g/mol. The molecule has 1 aromatic heterocycles. The molecule has 3 amide bonds. The van der Waals surface area contributed by atoms with Crippen molar-refractivity contribution in [2.24, 2.45) is 23.3 Å². The van der Waals surface area contributed by atoms with Crippen molar-refractivity contribution in [3.8, 4) is 6.01 Å². The van der Waals surface area contributed by atoms with Gasteiger partial charge in [0, 0.05) is 26.2 Å². The molecule has 10 nitrogen and oxygen atoms in total. The topological polar surface area (TPSA) is 145 Å². The fourth-order valence-electron chi connectivity index (χ4n) is 4.93. The summed E-state index contributed by atoms with van der Waals surface area (Å²) in [5.74, 6) is -1.08. The summed E-state index contributed by atoms with van der Waals surface area (Å²) in [6.07, 6.45) is 2.17. The first kappa shape index (κ1) is 23.6. The number of fused-ring (bicyclic) bond motifs is 1. The van der Waals surface area contributed by atoms with E-state index in [1.807, 2.05) is 6.07 Å². The minimum atomic E-state index is -0.859. The number of ether oxygens (including phenoxy) is 1. The van der Waals surface area contributed by atoms with Gasteiger partial charge in [-0.15, -0.1) is 0 Å². The molecule has 2 aromatic rings. The lowest BCUT2D eigenvalue weighted by molar-refractivity contribution is -0.120. The SMILES string of the molecule is Cc1nc(OCC(N)=O)nc(C(N)=O)c1C(=O)N1CC2CN(CCCc3ccccc3)C[C@H]2C1. The van der Waals surface area contributed by atoms with Crippen molar-refractivity contribution in [3.63, 3.8) is 0 Å². The van der Waals surface area contributed by atoms with Gasteiger partial charge in [-0.05, 0) is 43.7 Å². The standard InChI is InChI=1S/C24H30N6O4/c1-15-20(21(22(26)32)28-24(27-15)34-14-19(25)31)23(33)30-12-17-10-29(11-18(17)13-30)9-5-8-16-6-3-2-4-7-16/h2-4,6-7,17-18H,5,8-14H2,1H3,(H2,25,31)(H2,26,32)/t17-,18?/m0/s1. The number of aryl methyl sites for hydroxylation is 2. The molecular formula is C24H30N6O4. The molecule has 1 aromatic carbocycles. The van der Waals surface area contributed by atoms with E-state index in [4.69, 9.17) is 16.2 Å². The van der Waals surface area contributed by atoms with Gasteiger partial charge in [0.05, 0.1) is 11.3 Å². The average molecular weight is 467 g/mol. The molecule has 2 saturated heterocycles. The molecule has 2 fully saturated rings. The molecular weight excluding hydrogens is 436 g/mol. The minimum absolute atomic E-state index is 0.0821. The molecule has 0 bridgehead atoms. The lowest BCUT2D eigenvalue weighted by Gasteiger charge is -2.22. The maximum atomic E-state index is 13.3. The summed E-state index contributed by atoms with van der Waals surface area (Å²) in [6.45, 7) is 5.35. The highest BCUT2D eigenvalue weighted by Gasteiger charge is 2.42. The first-order chi connectivity index (χ1) is 16.3. The quantitative estimate of drug-likeness (QED) is 0.544. The van der Waals surface area contributed by atoms with Crippen LogP contribution in [0.15, 0.2) is 30.3 Å². The highest BCUT2D eigenvalue weighted by Crippen LogP contribution is 2.32. The zero-order chi connectivity index (χ0) is 24.2. The van der Waals surface area contributed by atoms with Crippen LogP contribution in [0, 0.1) is 18.8 Å². The number of hydrogen-bond donors (Lipinski definition) is 2. The van der Waals surface area contributed by atoms with E-state index < -0.39 is 18.4 Å². The Morgan fingerprint density at radius 2 is 1.71 bits per heavy atom. The molecule has 0 saturated carbocycles. The summed E-state index contributed by atoms with van der Waals surface area (Å²) in [5, 5.41) is 0. The number of carbonyl (C=O) groups is 3. The van der Waals surface area contributed by atoms with Crippen molar-refractivity contribution >= 4 is 17.7 Å². The van der Waals surface area contributed by atoms with Gasteiger partial charge < -0.3 is 26.0 Å². The molecule has 4 rings (SSSR count). The van der Waals surface area contributed by atoms with Gasteiger partial charge in [-0.1, -0.05) is 30.3 Å². The van der Waals surface area contributed by atoms with Crippen LogP contribution in [-0.2, 0) is 11.2 Å². The highest BCUT2D eigenvalue weighted by molar-refractivity contribution is 6.06. The molecule has 2 atom stereocenters. The van der Waals surface area contributed by atoms with Crippen LogP contribution in [0.1, 0.15) is 38.5 Å². The molecule has 34 heavy (non-hydrogen) atoms. The number of rotatable bonds is 9. The van der Waals surface area contributed by atoms with Crippen molar-refractivity contribution in [1.82, 2.24) is 19.8 Å². The Morgan fingerprint density at radius 3 is 2.32 bits per heavy atom. The molecule has 1 unspecified atom stereocenters. The van der Waals surface area contributed by atoms with E-state index in [9.17, 15) is 14.4 Å². The van der Waals surface area contributed by atoms with E-state index in [1.165, 1.54) is 5.56 Å². The molecule has 3 heterocycles. The van der Waals surface area contributed by atoms with Gasteiger partial charge in [0.25, 0.3) is 17.7 Å². The third-order valence-electron chi connectivity index (χ3n) is 6.49. The second-order valence-electron chi connectivity index (χ2n) is 9.01. The first-order valence-electron chi connectivity index (χ1n) is 11.5. The second-order valence-corrected chi connectivity index (χ2v) is 9.01. The Labute approximate surface area is 198 Å². The third-order valence-corrected chi connectivity index (χ3v) is 6.49. The lowest BCUT2D eigenvalue weighted by atomic mass is 10.0. The number of benzene rings is 1. The Morgan fingerprint density at radius 1 is 1.03 bits per heavy atom. The fraction of sp³-hybridized carbons (Fsp3) is 0.458. The number of aromatic nitrogens is 2. The van der Waals surface area contributed by atoms with Crippen LogP contribution in [-0.4, -0.2) is 76.8 Å². The Balaban J connectivity index is 1.36. The van der Waals surface area contributed by atoms with Crippen LogP contribution in [0.5, 0.6) is 6.01 Å². The summed E-state index contributed by atoms with van der Waals surface area (Å²) in [6, 6.07) is 10.3. The van der Waals surface area contributed by atoms with Crippen molar-refractivity contribution in [3.05, 3.63) is 52.8 Å². The Hall–Kier alpha value is -3.53. The zero-order valence-electron chi connectivity index (χ0n) is 19.3. The lowest BCUT2D eigenvalue weighted by Crippen LogP contribution is -2.36. The van der Waals surface area contributed by atoms with Crippen LogP contribution < -0.4 is 16.2 Å². The number of primary amides is 2. The van der Waals surface area contributed by atoms with E-state index in [0.717, 1.165) is 32.5 Å². The third kappa shape index (κ3) is 5.33. The zero-order valence-corrected chi connectivity index (χ0v) is 19.3. The summed E-state index contributed by atoms with van der Waals surface area (Å²) < 4.78 is 5.10. The van der Waals surface area contributed by atoms with Crippen LogP contribution in [0.2, 0.25) is 0 Å². The first-order valence-corrected chi connectivity index (χ1v) is 11.5. The predicted molar refractivity (Wildman–Crippen MR) is 124 cm³/mol. The minimum Gasteiger partial charge on any atom is -0.453 e. The maximum Gasteiger partial charge on any atom is 0.317 e. The summed E-state index contributed by atoms with van der Waals surface area (Å²) in [4.78, 5) is 48.6. The molecule has 0 radical (unpaired) electrons. The second kappa shape index (κ2) is 10.2. The Kier molecular flexibility index (Phi) is 7.06. The van der Waals surface area contributed by atoms with E-state index in [1.54, 1.807) is 11.8 Å². The predicted octanol–water partition coefficient (Wildman–Crippen LogP) is 0.385.